The molecule has 2 aromatic heterocycles. The van der Waals surface area contributed by atoms with E-state index < -0.39 is 0 Å². The fourth-order valence-corrected chi connectivity index (χ4v) is 6.30. The Balaban J connectivity index is 0.000000307. The van der Waals surface area contributed by atoms with Crippen molar-refractivity contribution in [3.63, 3.8) is 0 Å². The Bertz CT molecular complexity index is 2110. The average molecular weight is 791 g/mol. The number of fused-ring (bicyclic) bond motifs is 4. The summed E-state index contributed by atoms with van der Waals surface area (Å²) in [6.45, 7) is 12.0. The fraction of sp³-hybridized carbons (Fsp3) is 0.136. The summed E-state index contributed by atoms with van der Waals surface area (Å²) in [5.74, 6) is 1.09. The molecule has 6 aromatic carbocycles. The van der Waals surface area contributed by atoms with Crippen LogP contribution in [-0.4, -0.2) is 16.8 Å². The zero-order valence-corrected chi connectivity index (χ0v) is 34.7. The van der Waals surface area contributed by atoms with E-state index in [1.54, 1.807) is 0 Å². The molecule has 0 saturated heterocycles. The number of rotatable bonds is 4. The molecule has 0 amide bonds. The maximum absolute atomic E-state index is 4.61. The third-order valence-electron chi connectivity index (χ3n) is 8.73. The molecule has 2 radical (unpaired) electrons. The molecule has 6 heteroatoms. The minimum atomic E-state index is 0. The number of benzene rings is 4. The summed E-state index contributed by atoms with van der Waals surface area (Å²) in [7, 11) is 0. The monoisotopic (exact) mass is 788 g/mol. The molecule has 2 nitrogen and oxygen atoms in total. The maximum atomic E-state index is 4.61. The van der Waals surface area contributed by atoms with Crippen LogP contribution in [0.4, 0.5) is 0 Å². The Hall–Kier alpha value is -3.40. The van der Waals surface area contributed by atoms with Crippen molar-refractivity contribution >= 4 is 75.0 Å². The van der Waals surface area contributed by atoms with E-state index in [0.29, 0.717) is 11.8 Å². The fourth-order valence-electron chi connectivity index (χ4n) is 6.30. The van der Waals surface area contributed by atoms with Crippen LogP contribution in [0.3, 0.4) is 0 Å². The molecule has 0 aliphatic carbocycles. The van der Waals surface area contributed by atoms with Gasteiger partial charge in [0.2, 0.25) is 0 Å². The van der Waals surface area contributed by atoms with Gasteiger partial charge in [0.25, 0.3) is 0 Å². The van der Waals surface area contributed by atoms with E-state index >= 15 is 0 Å². The van der Waals surface area contributed by atoms with Gasteiger partial charge in [-0.05, 0) is 35.1 Å². The molecule has 0 spiro atoms. The van der Waals surface area contributed by atoms with Crippen LogP contribution in [0.2, 0.25) is 0 Å². The molecular formula is C44H44Cl2N2SiZr-4. The van der Waals surface area contributed by atoms with Gasteiger partial charge in [0.05, 0.1) is 11.0 Å². The second-order valence-corrected chi connectivity index (χ2v) is 12.3. The van der Waals surface area contributed by atoms with Crippen LogP contribution in [0, 0.1) is 14.9 Å². The SMILES string of the molecule is CC(C)c1cc2c(-c3cccc4cccnc34)cccc2[cH-]1.CC(C)c1cc2c(-c3cccc4cccnc34)cccc2[cH-]1.Cl.Cl.[CH3-].[CH3-].[Si]=[Zr]. The number of hydrogen-bond acceptors (Lipinski definition) is 2. The Morgan fingerprint density at radius 2 is 0.840 bits per heavy atom. The van der Waals surface area contributed by atoms with Crippen LogP contribution >= 0.6 is 24.8 Å². The molecule has 0 atom stereocenters. The summed E-state index contributed by atoms with van der Waals surface area (Å²) in [5.41, 5.74) is 9.91. The van der Waals surface area contributed by atoms with Gasteiger partial charge in [-0.2, -0.15) is 12.1 Å². The van der Waals surface area contributed by atoms with Crippen LogP contribution in [0.1, 0.15) is 50.7 Å². The van der Waals surface area contributed by atoms with Crippen LogP contribution in [0.15, 0.2) is 134 Å². The van der Waals surface area contributed by atoms with Crippen molar-refractivity contribution in [3.05, 3.63) is 160 Å². The molecule has 0 unspecified atom stereocenters. The molecule has 8 rings (SSSR count). The zero-order chi connectivity index (χ0) is 32.2. The van der Waals surface area contributed by atoms with Crippen molar-refractivity contribution in [1.29, 1.82) is 0 Å². The third-order valence-corrected chi connectivity index (χ3v) is 8.73. The third kappa shape index (κ3) is 8.72. The molecule has 0 N–H and O–H groups in total. The predicted octanol–water partition coefficient (Wildman–Crippen LogP) is 13.2. The van der Waals surface area contributed by atoms with Crippen molar-refractivity contribution in [1.82, 2.24) is 9.97 Å². The number of pyridine rings is 2. The van der Waals surface area contributed by atoms with Gasteiger partial charge in [0.15, 0.2) is 0 Å². The van der Waals surface area contributed by atoms with Gasteiger partial charge < -0.3 is 14.9 Å². The van der Waals surface area contributed by atoms with Gasteiger partial charge in [-0.3, -0.25) is 9.97 Å². The van der Waals surface area contributed by atoms with Crippen LogP contribution in [0.5, 0.6) is 0 Å². The van der Waals surface area contributed by atoms with Gasteiger partial charge in [-0.15, -0.1) is 93.9 Å². The first-order valence-corrected chi connectivity index (χ1v) is 20.0. The number of hydrogen-bond donors (Lipinski definition) is 0. The molecule has 0 fully saturated rings. The summed E-state index contributed by atoms with van der Waals surface area (Å²) >= 11 is 1.36. The van der Waals surface area contributed by atoms with E-state index in [2.05, 4.69) is 154 Å². The molecule has 2 heterocycles. The first kappa shape index (κ1) is 42.8. The summed E-state index contributed by atoms with van der Waals surface area (Å²) < 4.78 is 0. The van der Waals surface area contributed by atoms with Crippen molar-refractivity contribution in [2.75, 3.05) is 0 Å². The first-order chi connectivity index (χ1) is 22.5. The predicted molar refractivity (Wildman–Crippen MR) is 222 cm³/mol. The number of para-hydroxylation sites is 2. The molecule has 256 valence electrons. The Labute approximate surface area is 327 Å². The Morgan fingerprint density at radius 3 is 1.22 bits per heavy atom. The van der Waals surface area contributed by atoms with E-state index in [-0.39, 0.29) is 39.7 Å². The van der Waals surface area contributed by atoms with E-state index in [4.69, 9.17) is 0 Å². The van der Waals surface area contributed by atoms with E-state index in [9.17, 15) is 0 Å². The number of nitrogens with zero attached hydrogens (tertiary/aromatic N) is 2. The standard InChI is InChI=1S/2C21H18N.2CH3.2ClH.Si.Zr/c2*1-14(2)17-12-16-7-4-9-18(20(16)13-17)19-10-3-6-15-8-5-11-22-21(15)19;;;;;;/h2*3-14H,1-2H3;2*1H3;2*1H;;/q4*-1;;;;. The van der Waals surface area contributed by atoms with Crippen molar-refractivity contribution < 1.29 is 23.3 Å². The summed E-state index contributed by atoms with van der Waals surface area (Å²) in [4.78, 5) is 9.21. The van der Waals surface area contributed by atoms with Crippen molar-refractivity contribution in [3.8, 4) is 22.3 Å². The number of halogens is 2. The van der Waals surface area contributed by atoms with Gasteiger partial charge in [0, 0.05) is 23.2 Å². The molecular weight excluding hydrogens is 747 g/mol. The summed E-state index contributed by atoms with van der Waals surface area (Å²) in [5, 5.41) is 7.65. The van der Waals surface area contributed by atoms with Gasteiger partial charge in [-0.25, -0.2) is 0 Å². The minimum absolute atomic E-state index is 0. The normalized spacial score (nSPS) is 10.3. The quantitative estimate of drug-likeness (QED) is 0.131. The van der Waals surface area contributed by atoms with Crippen molar-refractivity contribution in [2.24, 2.45) is 0 Å². The molecule has 0 aliphatic heterocycles. The Morgan fingerprint density at radius 1 is 0.500 bits per heavy atom. The van der Waals surface area contributed by atoms with Crippen LogP contribution < -0.4 is 0 Å². The molecule has 0 saturated carbocycles. The summed E-state index contributed by atoms with van der Waals surface area (Å²) in [6.07, 6.45) is 3.74. The van der Waals surface area contributed by atoms with E-state index in [1.807, 2.05) is 24.5 Å². The van der Waals surface area contributed by atoms with Crippen molar-refractivity contribution in [2.45, 2.75) is 39.5 Å². The second-order valence-electron chi connectivity index (χ2n) is 12.3. The van der Waals surface area contributed by atoms with E-state index in [1.165, 1.54) is 89.0 Å². The zero-order valence-electron chi connectivity index (χ0n) is 29.6. The summed E-state index contributed by atoms with van der Waals surface area (Å²) in [6, 6.07) is 43.4. The first-order valence-electron chi connectivity index (χ1n) is 15.8. The van der Waals surface area contributed by atoms with Gasteiger partial charge in [0.1, 0.15) is 0 Å². The number of aromatic nitrogens is 2. The molecule has 0 bridgehead atoms. The Kier molecular flexibility index (Phi) is 16.5. The topological polar surface area (TPSA) is 25.8 Å². The molecule has 8 aromatic rings. The second kappa shape index (κ2) is 19.3. The average Bonchev–Trinajstić information content (AvgIpc) is 3.75. The van der Waals surface area contributed by atoms with Crippen LogP contribution in [0.25, 0.3) is 65.6 Å². The van der Waals surface area contributed by atoms with Gasteiger partial charge in [-0.1, -0.05) is 99.5 Å². The van der Waals surface area contributed by atoms with Gasteiger partial charge >= 0.3 is 30.2 Å². The molecule has 50 heavy (non-hydrogen) atoms. The van der Waals surface area contributed by atoms with E-state index in [0.717, 1.165) is 11.0 Å². The molecule has 0 aliphatic rings. The van der Waals surface area contributed by atoms with Crippen LogP contribution in [-0.2, 0) is 23.3 Å².